The Labute approximate surface area is 146 Å². The lowest BCUT2D eigenvalue weighted by atomic mass is 10.1. The molecule has 2 aliphatic heterocycles. The van der Waals surface area contributed by atoms with Crippen molar-refractivity contribution < 1.29 is 14.3 Å². The van der Waals surface area contributed by atoms with Gasteiger partial charge < -0.3 is 19.4 Å². The van der Waals surface area contributed by atoms with Crippen LogP contribution in [0, 0.1) is 0 Å². The highest BCUT2D eigenvalue weighted by atomic mass is 32.2. The number of thioether (sulfide) groups is 1. The summed E-state index contributed by atoms with van der Waals surface area (Å²) in [6, 6.07) is 7.69. The summed E-state index contributed by atoms with van der Waals surface area (Å²) in [5.74, 6) is 1.19. The number of para-hydroxylation sites is 1. The number of methoxy groups -OCH3 is 1. The maximum absolute atomic E-state index is 12.6. The standard InChI is InChI=1S/C17H23N3O3S/c1-18-7-9-19(10-8-18)15(21)11-20-16(22)12-24-17(20)13-5-3-4-6-14(13)23-2/h3-6,17H,7-12H2,1-2H3/t17-/m0/s1. The number of amides is 2. The van der Waals surface area contributed by atoms with Crippen LogP contribution in [-0.4, -0.2) is 79.1 Å². The summed E-state index contributed by atoms with van der Waals surface area (Å²) in [7, 11) is 3.68. The number of piperazine rings is 1. The lowest BCUT2D eigenvalue weighted by molar-refractivity contribution is -0.140. The van der Waals surface area contributed by atoms with Gasteiger partial charge in [-0.1, -0.05) is 18.2 Å². The van der Waals surface area contributed by atoms with Gasteiger partial charge in [-0.3, -0.25) is 9.59 Å². The summed E-state index contributed by atoms with van der Waals surface area (Å²) >= 11 is 1.55. The van der Waals surface area contributed by atoms with Gasteiger partial charge in [0.15, 0.2) is 0 Å². The van der Waals surface area contributed by atoms with Crippen molar-refractivity contribution in [3.05, 3.63) is 29.8 Å². The number of benzene rings is 1. The van der Waals surface area contributed by atoms with Gasteiger partial charge in [0.25, 0.3) is 0 Å². The van der Waals surface area contributed by atoms with Crippen molar-refractivity contribution in [2.45, 2.75) is 5.37 Å². The average Bonchev–Trinajstić information content (AvgIpc) is 2.96. The molecule has 0 aliphatic carbocycles. The molecule has 24 heavy (non-hydrogen) atoms. The van der Waals surface area contributed by atoms with Crippen molar-refractivity contribution >= 4 is 23.6 Å². The third kappa shape index (κ3) is 3.52. The fourth-order valence-corrected chi connectivity index (χ4v) is 4.27. The summed E-state index contributed by atoms with van der Waals surface area (Å²) in [5, 5.41) is -0.162. The number of nitrogens with zero attached hydrogens (tertiary/aromatic N) is 3. The Bertz CT molecular complexity index is 617. The molecule has 2 heterocycles. The largest absolute Gasteiger partial charge is 0.496 e. The van der Waals surface area contributed by atoms with Gasteiger partial charge in [0.2, 0.25) is 11.8 Å². The summed E-state index contributed by atoms with van der Waals surface area (Å²) in [6.45, 7) is 3.35. The predicted octanol–water partition coefficient (Wildman–Crippen LogP) is 1.04. The molecule has 0 saturated carbocycles. The Balaban J connectivity index is 1.73. The summed E-state index contributed by atoms with van der Waals surface area (Å²) in [5.41, 5.74) is 0.946. The Hall–Kier alpha value is -1.73. The van der Waals surface area contributed by atoms with E-state index in [1.807, 2.05) is 29.2 Å². The molecule has 0 spiro atoms. The van der Waals surface area contributed by atoms with Crippen molar-refractivity contribution in [3.63, 3.8) is 0 Å². The van der Waals surface area contributed by atoms with E-state index in [-0.39, 0.29) is 23.7 Å². The van der Waals surface area contributed by atoms with Crippen LogP contribution >= 0.6 is 11.8 Å². The Morgan fingerprint density at radius 3 is 2.67 bits per heavy atom. The molecule has 3 rings (SSSR count). The molecule has 0 radical (unpaired) electrons. The molecule has 2 amide bonds. The van der Waals surface area contributed by atoms with Gasteiger partial charge in [0.1, 0.15) is 17.7 Å². The smallest absolute Gasteiger partial charge is 0.242 e. The molecule has 1 atom stereocenters. The first kappa shape index (κ1) is 17.1. The van der Waals surface area contributed by atoms with Crippen molar-refractivity contribution in [3.8, 4) is 5.75 Å². The average molecular weight is 349 g/mol. The van der Waals surface area contributed by atoms with E-state index < -0.39 is 0 Å². The summed E-state index contributed by atoms with van der Waals surface area (Å²) in [6.07, 6.45) is 0. The van der Waals surface area contributed by atoms with Crippen molar-refractivity contribution in [2.75, 3.05) is 52.6 Å². The first-order chi connectivity index (χ1) is 11.6. The van der Waals surface area contributed by atoms with Gasteiger partial charge in [0.05, 0.1) is 12.9 Å². The minimum absolute atomic E-state index is 0.0124. The highest BCUT2D eigenvalue weighted by Crippen LogP contribution is 2.42. The van der Waals surface area contributed by atoms with Crippen LogP contribution in [0.2, 0.25) is 0 Å². The number of hydrogen-bond donors (Lipinski definition) is 0. The predicted molar refractivity (Wildman–Crippen MR) is 94.0 cm³/mol. The van der Waals surface area contributed by atoms with Crippen LogP contribution < -0.4 is 4.74 Å². The van der Waals surface area contributed by atoms with Crippen LogP contribution in [0.5, 0.6) is 5.75 Å². The number of likely N-dealkylation sites (N-methyl/N-ethyl adjacent to an activating group) is 1. The normalized spacial score (nSPS) is 22.1. The van der Waals surface area contributed by atoms with Crippen LogP contribution in [0.15, 0.2) is 24.3 Å². The molecule has 2 aliphatic rings. The minimum Gasteiger partial charge on any atom is -0.496 e. The molecule has 0 aromatic heterocycles. The Kier molecular flexibility index (Phi) is 5.30. The molecule has 7 heteroatoms. The first-order valence-electron chi connectivity index (χ1n) is 8.10. The maximum Gasteiger partial charge on any atom is 0.242 e. The van der Waals surface area contributed by atoms with E-state index in [1.165, 1.54) is 0 Å². The number of carbonyl (C=O) groups excluding carboxylic acids is 2. The van der Waals surface area contributed by atoms with Crippen molar-refractivity contribution in [1.29, 1.82) is 0 Å². The van der Waals surface area contributed by atoms with Gasteiger partial charge in [-0.2, -0.15) is 0 Å². The van der Waals surface area contributed by atoms with Crippen LogP contribution in [0.3, 0.4) is 0 Å². The van der Waals surface area contributed by atoms with Gasteiger partial charge in [-0.25, -0.2) is 0 Å². The molecule has 0 N–H and O–H groups in total. The Morgan fingerprint density at radius 2 is 1.96 bits per heavy atom. The minimum atomic E-state index is -0.162. The fraction of sp³-hybridized carbons (Fsp3) is 0.529. The molecule has 0 bridgehead atoms. The highest BCUT2D eigenvalue weighted by Gasteiger charge is 2.36. The molecule has 1 aromatic rings. The lowest BCUT2D eigenvalue weighted by Gasteiger charge is -2.34. The quantitative estimate of drug-likeness (QED) is 0.813. The topological polar surface area (TPSA) is 53.1 Å². The molecule has 130 valence electrons. The van der Waals surface area contributed by atoms with E-state index in [1.54, 1.807) is 23.8 Å². The van der Waals surface area contributed by atoms with E-state index in [2.05, 4.69) is 11.9 Å². The van der Waals surface area contributed by atoms with E-state index >= 15 is 0 Å². The second-order valence-corrected chi connectivity index (χ2v) is 7.18. The van der Waals surface area contributed by atoms with Crippen molar-refractivity contribution in [2.24, 2.45) is 0 Å². The maximum atomic E-state index is 12.6. The van der Waals surface area contributed by atoms with Crippen LogP contribution in [0.1, 0.15) is 10.9 Å². The van der Waals surface area contributed by atoms with Gasteiger partial charge in [-0.15, -0.1) is 11.8 Å². The van der Waals surface area contributed by atoms with E-state index in [4.69, 9.17) is 4.74 Å². The van der Waals surface area contributed by atoms with Gasteiger partial charge in [0, 0.05) is 31.7 Å². The zero-order chi connectivity index (χ0) is 17.1. The number of ether oxygens (including phenoxy) is 1. The lowest BCUT2D eigenvalue weighted by Crippen LogP contribution is -2.50. The summed E-state index contributed by atoms with van der Waals surface area (Å²) in [4.78, 5) is 30.7. The van der Waals surface area contributed by atoms with Crippen LogP contribution in [-0.2, 0) is 9.59 Å². The Morgan fingerprint density at radius 1 is 1.25 bits per heavy atom. The number of rotatable bonds is 4. The highest BCUT2D eigenvalue weighted by molar-refractivity contribution is 8.00. The van der Waals surface area contributed by atoms with E-state index in [0.29, 0.717) is 5.75 Å². The monoisotopic (exact) mass is 349 g/mol. The fourth-order valence-electron chi connectivity index (χ4n) is 3.05. The third-order valence-corrected chi connectivity index (χ3v) is 5.77. The first-order valence-corrected chi connectivity index (χ1v) is 9.15. The second kappa shape index (κ2) is 7.44. The molecule has 6 nitrogen and oxygen atoms in total. The van der Waals surface area contributed by atoms with E-state index in [0.717, 1.165) is 37.5 Å². The molecule has 2 fully saturated rings. The zero-order valence-electron chi connectivity index (χ0n) is 14.1. The van der Waals surface area contributed by atoms with Gasteiger partial charge >= 0.3 is 0 Å². The van der Waals surface area contributed by atoms with Gasteiger partial charge in [-0.05, 0) is 13.1 Å². The van der Waals surface area contributed by atoms with Crippen molar-refractivity contribution in [1.82, 2.24) is 14.7 Å². The number of hydrogen-bond acceptors (Lipinski definition) is 5. The van der Waals surface area contributed by atoms with E-state index in [9.17, 15) is 9.59 Å². The molecule has 0 unspecified atom stereocenters. The zero-order valence-corrected chi connectivity index (χ0v) is 14.9. The SMILES string of the molecule is COc1ccccc1[C@@H]1SCC(=O)N1CC(=O)N1CCN(C)CC1. The molecule has 2 saturated heterocycles. The molecular weight excluding hydrogens is 326 g/mol. The van der Waals surface area contributed by atoms with Crippen LogP contribution in [0.4, 0.5) is 0 Å². The second-order valence-electron chi connectivity index (χ2n) is 6.11. The third-order valence-electron chi connectivity index (χ3n) is 4.53. The summed E-state index contributed by atoms with van der Waals surface area (Å²) < 4.78 is 5.42. The molecule has 1 aromatic carbocycles. The van der Waals surface area contributed by atoms with Crippen LogP contribution in [0.25, 0.3) is 0 Å². The number of carbonyl (C=O) groups is 2. The molecular formula is C17H23N3O3S.